The van der Waals surface area contributed by atoms with Crippen LogP contribution in [0.5, 0.6) is 0 Å². The number of pyridine rings is 1. The van der Waals surface area contributed by atoms with E-state index in [1.807, 2.05) is 25.3 Å². The number of nitrogens with zero attached hydrogens (tertiary/aromatic N) is 3. The summed E-state index contributed by atoms with van der Waals surface area (Å²) in [6.45, 7) is 1.91. The van der Waals surface area contributed by atoms with E-state index in [0.29, 0.717) is 0 Å². The molecule has 0 aliphatic carbocycles. The molecule has 2 aromatic rings. The molecule has 0 aromatic carbocycles. The third kappa shape index (κ3) is 2.24. The third-order valence-corrected chi connectivity index (χ3v) is 2.46. The zero-order valence-electron chi connectivity index (χ0n) is 8.26. The fourth-order valence-corrected chi connectivity index (χ4v) is 1.53. The van der Waals surface area contributed by atoms with Crippen LogP contribution >= 0.6 is 15.9 Å². The van der Waals surface area contributed by atoms with Crippen LogP contribution in [0.1, 0.15) is 18.7 Å². The van der Waals surface area contributed by atoms with Crippen molar-refractivity contribution in [1.82, 2.24) is 14.8 Å². The average molecular weight is 267 g/mol. The first-order valence-electron chi connectivity index (χ1n) is 4.59. The van der Waals surface area contributed by atoms with Gasteiger partial charge < -0.3 is 5.73 Å². The molecule has 0 radical (unpaired) electrons. The van der Waals surface area contributed by atoms with Crippen LogP contribution in [0.2, 0.25) is 0 Å². The highest BCUT2D eigenvalue weighted by Gasteiger charge is 2.02. The molecule has 0 amide bonds. The molecule has 0 saturated carbocycles. The molecule has 1 atom stereocenters. The number of hydrogen-bond donors (Lipinski definition) is 1. The molecule has 0 unspecified atom stereocenters. The van der Waals surface area contributed by atoms with E-state index in [-0.39, 0.29) is 6.04 Å². The second-order valence-electron chi connectivity index (χ2n) is 3.33. The highest BCUT2D eigenvalue weighted by atomic mass is 79.9. The van der Waals surface area contributed by atoms with Gasteiger partial charge in [-0.2, -0.15) is 5.10 Å². The van der Waals surface area contributed by atoms with E-state index in [9.17, 15) is 0 Å². The topological polar surface area (TPSA) is 56.7 Å². The van der Waals surface area contributed by atoms with Gasteiger partial charge in [-0.05, 0) is 35.0 Å². The quantitative estimate of drug-likeness (QED) is 0.905. The molecule has 0 spiro atoms. The molecule has 2 rings (SSSR count). The van der Waals surface area contributed by atoms with Gasteiger partial charge in [0.25, 0.3) is 0 Å². The van der Waals surface area contributed by atoms with Crippen molar-refractivity contribution in [2.24, 2.45) is 5.73 Å². The highest BCUT2D eigenvalue weighted by Crippen LogP contribution is 2.13. The minimum Gasteiger partial charge on any atom is -0.323 e. The summed E-state index contributed by atoms with van der Waals surface area (Å²) in [7, 11) is 0. The molecule has 0 bridgehead atoms. The zero-order valence-corrected chi connectivity index (χ0v) is 9.85. The van der Waals surface area contributed by atoms with Crippen LogP contribution in [0.3, 0.4) is 0 Å². The van der Waals surface area contributed by atoms with Gasteiger partial charge in [0.2, 0.25) is 0 Å². The molecule has 2 aromatic heterocycles. The van der Waals surface area contributed by atoms with Crippen LogP contribution in [0.25, 0.3) is 5.69 Å². The minimum absolute atomic E-state index is 0.0385. The predicted octanol–water partition coefficient (Wildman–Crippen LogP) is 2.05. The summed E-state index contributed by atoms with van der Waals surface area (Å²) in [6, 6.07) is 3.82. The summed E-state index contributed by atoms with van der Waals surface area (Å²) in [5, 5.41) is 4.16. The van der Waals surface area contributed by atoms with Crippen LogP contribution in [-0.4, -0.2) is 14.8 Å². The summed E-state index contributed by atoms with van der Waals surface area (Å²) < 4.78 is 2.70. The van der Waals surface area contributed by atoms with Gasteiger partial charge in [0, 0.05) is 12.2 Å². The molecule has 5 heteroatoms. The van der Waals surface area contributed by atoms with Gasteiger partial charge in [-0.15, -0.1) is 0 Å². The molecule has 15 heavy (non-hydrogen) atoms. The van der Waals surface area contributed by atoms with Gasteiger partial charge in [0.05, 0.1) is 28.2 Å². The Labute approximate surface area is 96.3 Å². The molecule has 2 N–H and O–H groups in total. The molecule has 0 saturated heterocycles. The summed E-state index contributed by atoms with van der Waals surface area (Å²) >= 11 is 3.34. The van der Waals surface area contributed by atoms with Crippen molar-refractivity contribution in [3.8, 4) is 5.69 Å². The first-order chi connectivity index (χ1) is 7.16. The number of halogens is 1. The normalized spacial score (nSPS) is 12.7. The van der Waals surface area contributed by atoms with Gasteiger partial charge in [-0.25, -0.2) is 4.68 Å². The molecular formula is C10H11BrN4. The maximum absolute atomic E-state index is 5.71. The Morgan fingerprint density at radius 2 is 2.20 bits per heavy atom. The minimum atomic E-state index is -0.0385. The Kier molecular flexibility index (Phi) is 2.83. The lowest BCUT2D eigenvalue weighted by molar-refractivity contribution is 0.775. The van der Waals surface area contributed by atoms with Crippen LogP contribution in [0, 0.1) is 0 Å². The van der Waals surface area contributed by atoms with Gasteiger partial charge in [0.15, 0.2) is 0 Å². The Bertz CT molecular complexity index is 447. The first-order valence-corrected chi connectivity index (χ1v) is 5.38. The lowest BCUT2D eigenvalue weighted by atomic mass is 10.2. The van der Waals surface area contributed by atoms with Gasteiger partial charge in [-0.3, -0.25) is 4.98 Å². The second kappa shape index (κ2) is 4.12. The van der Waals surface area contributed by atoms with E-state index in [4.69, 9.17) is 5.73 Å². The van der Waals surface area contributed by atoms with Gasteiger partial charge in [0.1, 0.15) is 0 Å². The van der Waals surface area contributed by atoms with Crippen molar-refractivity contribution >= 4 is 15.9 Å². The molecule has 0 aliphatic heterocycles. The van der Waals surface area contributed by atoms with Gasteiger partial charge >= 0.3 is 0 Å². The smallest absolute Gasteiger partial charge is 0.0829 e. The van der Waals surface area contributed by atoms with E-state index in [0.717, 1.165) is 15.9 Å². The Hall–Kier alpha value is -1.20. The molecule has 78 valence electrons. The summed E-state index contributed by atoms with van der Waals surface area (Å²) in [4.78, 5) is 4.26. The molecule has 2 heterocycles. The number of aromatic nitrogens is 3. The van der Waals surface area contributed by atoms with Gasteiger partial charge in [-0.1, -0.05) is 0 Å². The highest BCUT2D eigenvalue weighted by molar-refractivity contribution is 9.10. The van der Waals surface area contributed by atoms with Crippen LogP contribution < -0.4 is 5.73 Å². The van der Waals surface area contributed by atoms with E-state index in [1.165, 1.54) is 0 Å². The maximum atomic E-state index is 5.71. The summed E-state index contributed by atoms with van der Waals surface area (Å²) in [5.41, 5.74) is 7.52. The third-order valence-electron chi connectivity index (χ3n) is 2.05. The van der Waals surface area contributed by atoms with E-state index < -0.39 is 0 Å². The molecular weight excluding hydrogens is 256 g/mol. The predicted molar refractivity (Wildman–Crippen MR) is 61.7 cm³/mol. The molecule has 0 fully saturated rings. The zero-order chi connectivity index (χ0) is 10.8. The van der Waals surface area contributed by atoms with Crippen LogP contribution in [-0.2, 0) is 0 Å². The molecule has 0 aliphatic rings. The SMILES string of the molecule is C[C@@H](N)c1ccc(-n2cc(Br)cn2)cn1. The standard InChI is InChI=1S/C10H11BrN4/c1-7(12)10-3-2-9(5-13-10)15-6-8(11)4-14-15/h2-7H,12H2,1H3/t7-/m1/s1. The van der Waals surface area contributed by atoms with Crippen molar-refractivity contribution < 1.29 is 0 Å². The van der Waals surface area contributed by atoms with Crippen molar-refractivity contribution in [3.63, 3.8) is 0 Å². The summed E-state index contributed by atoms with van der Waals surface area (Å²) in [6.07, 6.45) is 5.38. The lowest BCUT2D eigenvalue weighted by Crippen LogP contribution is -2.07. The maximum Gasteiger partial charge on any atom is 0.0829 e. The largest absolute Gasteiger partial charge is 0.323 e. The van der Waals surface area contributed by atoms with Crippen LogP contribution in [0.4, 0.5) is 0 Å². The van der Waals surface area contributed by atoms with Crippen molar-refractivity contribution in [2.75, 3.05) is 0 Å². The number of rotatable bonds is 2. The van der Waals surface area contributed by atoms with Crippen molar-refractivity contribution in [2.45, 2.75) is 13.0 Å². The Morgan fingerprint density at radius 1 is 1.40 bits per heavy atom. The number of hydrogen-bond acceptors (Lipinski definition) is 3. The lowest BCUT2D eigenvalue weighted by Gasteiger charge is -2.05. The fraction of sp³-hybridized carbons (Fsp3) is 0.200. The number of nitrogens with two attached hydrogens (primary N) is 1. The molecule has 4 nitrogen and oxygen atoms in total. The Balaban J connectivity index is 2.31. The van der Waals surface area contributed by atoms with Crippen molar-refractivity contribution in [3.05, 3.63) is 40.9 Å². The monoisotopic (exact) mass is 266 g/mol. The van der Waals surface area contributed by atoms with E-state index >= 15 is 0 Å². The first kappa shape index (κ1) is 10.3. The van der Waals surface area contributed by atoms with Crippen molar-refractivity contribution in [1.29, 1.82) is 0 Å². The van der Waals surface area contributed by atoms with E-state index in [2.05, 4.69) is 26.0 Å². The summed E-state index contributed by atoms with van der Waals surface area (Å²) in [5.74, 6) is 0. The Morgan fingerprint density at radius 3 is 2.67 bits per heavy atom. The van der Waals surface area contributed by atoms with E-state index in [1.54, 1.807) is 17.1 Å². The second-order valence-corrected chi connectivity index (χ2v) is 4.25. The average Bonchev–Trinajstić information content (AvgIpc) is 2.65. The van der Waals surface area contributed by atoms with Crippen LogP contribution in [0.15, 0.2) is 35.2 Å². The fourth-order valence-electron chi connectivity index (χ4n) is 1.24.